The van der Waals surface area contributed by atoms with E-state index in [0.717, 1.165) is 51.4 Å². The van der Waals surface area contributed by atoms with Crippen molar-refractivity contribution in [1.29, 1.82) is 0 Å². The average Bonchev–Trinajstić information content (AvgIpc) is 3.40. The third kappa shape index (κ3) is 3.71. The Balaban J connectivity index is 1.21. The monoisotopic (exact) mass is 533 g/mol. The number of hydrogen-bond acceptors (Lipinski definition) is 5. The summed E-state index contributed by atoms with van der Waals surface area (Å²) in [6.45, 7) is 6.51. The second kappa shape index (κ2) is 8.71. The first kappa shape index (κ1) is 25.2. The largest absolute Gasteiger partial charge is 0.506 e. The van der Waals surface area contributed by atoms with Crippen LogP contribution in [0.1, 0.15) is 70.8 Å². The Bertz CT molecular complexity index is 1110. The van der Waals surface area contributed by atoms with Gasteiger partial charge in [-0.25, -0.2) is 0 Å². The van der Waals surface area contributed by atoms with Gasteiger partial charge in [0, 0.05) is 35.1 Å². The fourth-order valence-corrected chi connectivity index (χ4v) is 9.21. The Hall–Kier alpha value is -1.11. The molecule has 7 heteroatoms. The number of hydrogen-bond donors (Lipinski definition) is 2. The van der Waals surface area contributed by atoms with Gasteiger partial charge in [0.05, 0.1) is 30.4 Å². The molecule has 6 atom stereocenters. The van der Waals surface area contributed by atoms with Crippen molar-refractivity contribution < 1.29 is 19.7 Å². The third-order valence-corrected chi connectivity index (χ3v) is 11.4. The highest BCUT2D eigenvalue weighted by Gasteiger charge is 2.64. The summed E-state index contributed by atoms with van der Waals surface area (Å²) in [6, 6.07) is 3.15. The molecule has 6 rings (SSSR count). The van der Waals surface area contributed by atoms with Crippen LogP contribution in [0.4, 0.5) is 0 Å². The second-order valence-corrected chi connectivity index (χ2v) is 13.2. The molecule has 1 aromatic rings. The van der Waals surface area contributed by atoms with Gasteiger partial charge in [0.2, 0.25) is 0 Å². The lowest BCUT2D eigenvalue weighted by Crippen LogP contribution is -2.56. The van der Waals surface area contributed by atoms with Crippen LogP contribution in [0.5, 0.6) is 5.75 Å². The fourth-order valence-electron chi connectivity index (χ4n) is 8.70. The Kier molecular flexibility index (Phi) is 6.09. The van der Waals surface area contributed by atoms with E-state index in [1.165, 1.54) is 6.07 Å². The number of aliphatic imine (C=N–C) groups is 1. The summed E-state index contributed by atoms with van der Waals surface area (Å²) in [5.41, 5.74) is 1.19. The number of allylic oxidation sites excluding steroid dienone is 1. The lowest BCUT2D eigenvalue weighted by atomic mass is 9.46. The molecule has 1 spiro atoms. The van der Waals surface area contributed by atoms with Gasteiger partial charge in [-0.3, -0.25) is 4.99 Å². The maximum Gasteiger partial charge on any atom is 0.172 e. The quantitative estimate of drug-likeness (QED) is 0.341. The Labute approximate surface area is 223 Å². The van der Waals surface area contributed by atoms with Crippen molar-refractivity contribution in [2.75, 3.05) is 19.8 Å². The second-order valence-electron chi connectivity index (χ2n) is 12.4. The molecule has 0 radical (unpaired) electrons. The van der Waals surface area contributed by atoms with Gasteiger partial charge >= 0.3 is 0 Å². The highest BCUT2D eigenvalue weighted by molar-refractivity contribution is 6.36. The highest BCUT2D eigenvalue weighted by Crippen LogP contribution is 2.68. The van der Waals surface area contributed by atoms with Crippen molar-refractivity contribution in [1.82, 2.24) is 0 Å². The van der Waals surface area contributed by atoms with Gasteiger partial charge in [0.25, 0.3) is 0 Å². The molecule has 1 saturated heterocycles. The summed E-state index contributed by atoms with van der Waals surface area (Å²) in [5, 5.41) is 22.9. The number of ether oxygens (including phenoxy) is 2. The fraction of sp³-hybridized carbons (Fsp3) is 0.690. The van der Waals surface area contributed by atoms with Crippen LogP contribution in [0.3, 0.4) is 0 Å². The molecule has 0 bridgehead atoms. The lowest BCUT2D eigenvalue weighted by molar-refractivity contribution is -0.187. The first-order valence-corrected chi connectivity index (χ1v) is 14.2. The van der Waals surface area contributed by atoms with Gasteiger partial charge in [-0.15, -0.1) is 0 Å². The molecule has 4 aliphatic carbocycles. The molecule has 0 unspecified atom stereocenters. The van der Waals surface area contributed by atoms with E-state index in [9.17, 15) is 10.2 Å². The highest BCUT2D eigenvalue weighted by atomic mass is 35.5. The first-order valence-electron chi connectivity index (χ1n) is 13.5. The number of phenolic OH excluding ortho intramolecular Hbond substituents is 1. The minimum Gasteiger partial charge on any atom is -0.506 e. The SMILES string of the molecule is C[C@]12CCC3(CC1=CC[C@@H]1[C@H]2CC[C@@]2(C)[C@H]1CC[C@@]2(O)CN=Cc1cc(Cl)cc(Cl)c1O)OCCO3. The Morgan fingerprint density at radius 3 is 2.58 bits per heavy atom. The molecule has 0 aromatic heterocycles. The van der Waals surface area contributed by atoms with Crippen LogP contribution in [0.2, 0.25) is 10.0 Å². The van der Waals surface area contributed by atoms with Crippen LogP contribution in [0.15, 0.2) is 28.8 Å². The predicted octanol–water partition coefficient (Wildman–Crippen LogP) is 6.55. The van der Waals surface area contributed by atoms with Gasteiger partial charge in [0.15, 0.2) is 5.79 Å². The average molecular weight is 535 g/mol. The molecular formula is C29H37Cl2NO4. The summed E-state index contributed by atoms with van der Waals surface area (Å²) in [4.78, 5) is 4.61. The van der Waals surface area contributed by atoms with Crippen molar-refractivity contribution in [2.45, 2.75) is 76.6 Å². The summed E-state index contributed by atoms with van der Waals surface area (Å²) >= 11 is 12.2. The van der Waals surface area contributed by atoms with Crippen LogP contribution < -0.4 is 0 Å². The number of nitrogens with zero attached hydrogens (tertiary/aromatic N) is 1. The zero-order chi connectivity index (χ0) is 25.3. The molecule has 1 aliphatic heterocycles. The van der Waals surface area contributed by atoms with Gasteiger partial charge < -0.3 is 19.7 Å². The molecule has 196 valence electrons. The zero-order valence-corrected chi connectivity index (χ0v) is 22.7. The number of halogens is 2. The van der Waals surface area contributed by atoms with E-state index in [2.05, 4.69) is 24.9 Å². The van der Waals surface area contributed by atoms with Gasteiger partial charge in [-0.05, 0) is 73.8 Å². The molecule has 5 nitrogen and oxygen atoms in total. The normalized spacial score (nSPS) is 41.2. The number of fused-ring (bicyclic) bond motifs is 5. The molecule has 0 amide bonds. The van der Waals surface area contributed by atoms with E-state index >= 15 is 0 Å². The standard InChI is InChI=1S/C29H37Cl2NO4/c1-26-9-10-29(35-11-12-36-29)15-19(26)3-4-21-22(26)5-7-27(2)23(21)6-8-28(27,34)17-32-16-18-13-20(30)14-24(31)25(18)33/h3,13-14,16,21-23,33-34H,4-12,15,17H2,1-2H3/t21-,22-,23+,26+,27+,28-/m1/s1. The Morgan fingerprint density at radius 1 is 1.06 bits per heavy atom. The van der Waals surface area contributed by atoms with E-state index in [1.54, 1.807) is 17.9 Å². The van der Waals surface area contributed by atoms with Crippen LogP contribution in [0.25, 0.3) is 0 Å². The number of rotatable bonds is 3. The molecule has 4 fully saturated rings. The summed E-state index contributed by atoms with van der Waals surface area (Å²) in [7, 11) is 0. The minimum absolute atomic E-state index is 0.0338. The molecule has 1 heterocycles. The number of phenols is 1. The van der Waals surface area contributed by atoms with Crippen molar-refractivity contribution >= 4 is 29.4 Å². The van der Waals surface area contributed by atoms with E-state index in [1.807, 2.05) is 0 Å². The maximum absolute atomic E-state index is 12.0. The van der Waals surface area contributed by atoms with Crippen LogP contribution in [-0.2, 0) is 9.47 Å². The molecule has 1 aromatic carbocycles. The summed E-state index contributed by atoms with van der Waals surface area (Å²) in [5.74, 6) is 1.30. The molecule has 5 aliphatic rings. The Morgan fingerprint density at radius 2 is 1.81 bits per heavy atom. The number of aromatic hydroxyl groups is 1. The van der Waals surface area contributed by atoms with E-state index in [0.29, 0.717) is 48.1 Å². The number of benzene rings is 1. The van der Waals surface area contributed by atoms with E-state index < -0.39 is 5.60 Å². The smallest absolute Gasteiger partial charge is 0.172 e. The minimum atomic E-state index is -0.857. The van der Waals surface area contributed by atoms with Crippen LogP contribution in [0, 0.1) is 28.6 Å². The molecule has 3 saturated carbocycles. The number of aliphatic hydroxyl groups is 1. The lowest BCUT2D eigenvalue weighted by Gasteiger charge is -2.59. The van der Waals surface area contributed by atoms with Crippen molar-refractivity contribution in [3.05, 3.63) is 39.4 Å². The first-order chi connectivity index (χ1) is 17.1. The predicted molar refractivity (Wildman–Crippen MR) is 142 cm³/mol. The van der Waals surface area contributed by atoms with Gasteiger partial charge in [-0.2, -0.15) is 0 Å². The van der Waals surface area contributed by atoms with E-state index in [-0.39, 0.29) is 27.4 Å². The summed E-state index contributed by atoms with van der Waals surface area (Å²) in [6.07, 6.45) is 12.1. The van der Waals surface area contributed by atoms with E-state index in [4.69, 9.17) is 32.7 Å². The third-order valence-electron chi connectivity index (χ3n) is 10.9. The zero-order valence-electron chi connectivity index (χ0n) is 21.2. The van der Waals surface area contributed by atoms with Crippen LogP contribution >= 0.6 is 23.2 Å². The van der Waals surface area contributed by atoms with Crippen molar-refractivity contribution in [2.24, 2.45) is 33.6 Å². The van der Waals surface area contributed by atoms with Gasteiger partial charge in [0.1, 0.15) is 5.75 Å². The summed E-state index contributed by atoms with van der Waals surface area (Å²) < 4.78 is 12.1. The molecule has 2 N–H and O–H groups in total. The molecule has 36 heavy (non-hydrogen) atoms. The van der Waals surface area contributed by atoms with Gasteiger partial charge in [-0.1, -0.05) is 48.7 Å². The topological polar surface area (TPSA) is 71.3 Å². The van der Waals surface area contributed by atoms with Crippen molar-refractivity contribution in [3.8, 4) is 5.75 Å². The maximum atomic E-state index is 12.0. The molecular weight excluding hydrogens is 497 g/mol. The van der Waals surface area contributed by atoms with Crippen LogP contribution in [-0.4, -0.2) is 47.6 Å². The van der Waals surface area contributed by atoms with Crippen molar-refractivity contribution in [3.63, 3.8) is 0 Å².